The fraction of sp³-hybridized carbons (Fsp3) is 0.293. The lowest BCUT2D eigenvalue weighted by molar-refractivity contribution is -0.687. The third-order valence-corrected chi connectivity index (χ3v) is 10.2. The molecular weight excluding hydrogens is 804 g/mol. The maximum Gasteiger partial charge on any atom is 0.303 e. The zero-order valence-corrected chi connectivity index (χ0v) is 33.0. The second-order valence-electron chi connectivity index (χ2n) is 13.9. The molecule has 0 radical (unpaired) electrons. The van der Waals surface area contributed by atoms with Crippen LogP contribution in [0.4, 0.5) is 0 Å². The number of aromatic amines is 1. The highest BCUT2D eigenvalue weighted by atomic mass is 79.9. The lowest BCUT2D eigenvalue weighted by atomic mass is 9.96. The van der Waals surface area contributed by atoms with Crippen molar-refractivity contribution in [3.8, 4) is 0 Å². The molecule has 2 aliphatic heterocycles. The molecule has 2 amide bonds. The number of pyridine rings is 1. The number of aromatic nitrogens is 3. The number of carbonyl (C=O) groups is 6. The number of halogens is 1. The molecule has 6 aromatic rings. The van der Waals surface area contributed by atoms with Gasteiger partial charge in [-0.25, -0.2) is 4.57 Å². The highest BCUT2D eigenvalue weighted by molar-refractivity contribution is 6.39. The Morgan fingerprint density at radius 2 is 1.37 bits per heavy atom. The minimum Gasteiger partial charge on any atom is -1.00 e. The first-order chi connectivity index (χ1) is 26.8. The van der Waals surface area contributed by atoms with Crippen molar-refractivity contribution in [2.45, 2.75) is 64.9 Å². The fourth-order valence-corrected chi connectivity index (χ4v) is 8.05. The number of benzene rings is 3. The third-order valence-electron chi connectivity index (χ3n) is 10.2. The van der Waals surface area contributed by atoms with E-state index < -0.39 is 72.9 Å². The molecule has 3 aromatic carbocycles. The van der Waals surface area contributed by atoms with Crippen molar-refractivity contribution in [1.29, 1.82) is 0 Å². The van der Waals surface area contributed by atoms with Crippen LogP contribution in [0.5, 0.6) is 0 Å². The average Bonchev–Trinajstić information content (AvgIpc) is 3.77. The summed E-state index contributed by atoms with van der Waals surface area (Å²) in [6.07, 6.45) is -3.03. The summed E-state index contributed by atoms with van der Waals surface area (Å²) in [5.74, 6) is -3.92. The molecule has 294 valence electrons. The van der Waals surface area contributed by atoms with Gasteiger partial charge in [-0.1, -0.05) is 48.5 Å². The van der Waals surface area contributed by atoms with Crippen molar-refractivity contribution in [1.82, 2.24) is 14.5 Å². The minimum atomic E-state index is -1.45. The van der Waals surface area contributed by atoms with Gasteiger partial charge in [-0.15, -0.1) is 0 Å². The van der Waals surface area contributed by atoms with Gasteiger partial charge in [0.2, 0.25) is 0 Å². The van der Waals surface area contributed by atoms with Gasteiger partial charge in [0, 0.05) is 62.5 Å². The van der Waals surface area contributed by atoms with Crippen molar-refractivity contribution in [3.63, 3.8) is 0 Å². The Hall–Kier alpha value is -6.13. The van der Waals surface area contributed by atoms with E-state index in [4.69, 9.17) is 23.7 Å². The predicted octanol–water partition coefficient (Wildman–Crippen LogP) is 1.25. The van der Waals surface area contributed by atoms with Crippen molar-refractivity contribution >= 4 is 79.3 Å². The quantitative estimate of drug-likeness (QED) is 0.101. The molecule has 1 N–H and O–H groups in total. The van der Waals surface area contributed by atoms with E-state index in [1.807, 2.05) is 53.4 Å². The van der Waals surface area contributed by atoms with Crippen molar-refractivity contribution < 1.29 is 74.0 Å². The van der Waals surface area contributed by atoms with Crippen LogP contribution in [0.3, 0.4) is 0 Å². The van der Waals surface area contributed by atoms with Gasteiger partial charge in [0.15, 0.2) is 43.5 Å². The second kappa shape index (κ2) is 15.1. The third kappa shape index (κ3) is 6.67. The number of imide groups is 1. The Morgan fingerprint density at radius 1 is 0.754 bits per heavy atom. The first-order valence-corrected chi connectivity index (χ1v) is 17.9. The van der Waals surface area contributed by atoms with Gasteiger partial charge in [-0.3, -0.25) is 33.7 Å². The van der Waals surface area contributed by atoms with Crippen LogP contribution < -0.4 is 21.5 Å². The van der Waals surface area contributed by atoms with Crippen LogP contribution >= 0.6 is 0 Å². The first kappa shape index (κ1) is 39.1. The summed E-state index contributed by atoms with van der Waals surface area (Å²) < 4.78 is 33.1. The lowest BCUT2D eigenvalue weighted by Crippen LogP contribution is -3.00. The van der Waals surface area contributed by atoms with Crippen LogP contribution in [-0.2, 0) is 49.4 Å². The molecule has 1 saturated heterocycles. The van der Waals surface area contributed by atoms with E-state index in [0.29, 0.717) is 50.2 Å². The van der Waals surface area contributed by atoms with Gasteiger partial charge in [-0.05, 0) is 6.07 Å². The number of hydrogen-bond acceptors (Lipinski definition) is 11. The number of fused-ring (bicyclic) bond motifs is 10. The van der Waals surface area contributed by atoms with Crippen molar-refractivity contribution in [2.75, 3.05) is 13.7 Å². The summed E-state index contributed by atoms with van der Waals surface area (Å²) in [6, 6.07) is 18.9. The van der Waals surface area contributed by atoms with Gasteiger partial charge < -0.3 is 50.2 Å². The summed E-state index contributed by atoms with van der Waals surface area (Å²) >= 11 is 0. The van der Waals surface area contributed by atoms with E-state index in [2.05, 4.69) is 4.98 Å². The van der Waals surface area contributed by atoms with E-state index in [1.165, 1.54) is 20.9 Å². The molecule has 3 aromatic heterocycles. The van der Waals surface area contributed by atoms with Gasteiger partial charge >= 0.3 is 23.9 Å². The van der Waals surface area contributed by atoms with Crippen LogP contribution in [0, 0.1) is 0 Å². The SMILES string of the molecule is CC(=O)OC[C@H]1O[C@@H](n2c3ccccc3c3c4c(c5c6c[n+](Cc7ccccc7)ccc6[nH]c5c32)C(=O)N(C)C4=O)[C@H](OC(C)=O)[C@@H](OC(C)=O)[C@@H]1OC(C)=O.[Br-]. The van der Waals surface area contributed by atoms with Gasteiger partial charge in [0.1, 0.15) is 12.7 Å². The van der Waals surface area contributed by atoms with Gasteiger partial charge in [-0.2, -0.15) is 0 Å². The normalized spacial score (nSPS) is 20.4. The smallest absolute Gasteiger partial charge is 0.303 e. The molecule has 0 bridgehead atoms. The van der Waals surface area contributed by atoms with E-state index in [1.54, 1.807) is 28.8 Å². The molecule has 57 heavy (non-hydrogen) atoms. The molecule has 0 aliphatic carbocycles. The van der Waals surface area contributed by atoms with Crippen LogP contribution in [0.2, 0.25) is 0 Å². The zero-order valence-electron chi connectivity index (χ0n) is 31.4. The Kier molecular flexibility index (Phi) is 10.3. The maximum absolute atomic E-state index is 14.2. The fourth-order valence-electron chi connectivity index (χ4n) is 8.05. The minimum absolute atomic E-state index is 0. The molecule has 5 heterocycles. The van der Waals surface area contributed by atoms with E-state index in [-0.39, 0.29) is 28.1 Å². The summed E-state index contributed by atoms with van der Waals surface area (Å²) in [6.45, 7) is 4.79. The molecular formula is C41H37BrN4O11. The molecule has 0 saturated carbocycles. The molecule has 2 aliphatic rings. The summed E-state index contributed by atoms with van der Waals surface area (Å²) in [7, 11) is 1.44. The molecule has 0 unspecified atom stereocenters. The topological polar surface area (TPSA) is 176 Å². The van der Waals surface area contributed by atoms with Crippen molar-refractivity contribution in [2.24, 2.45) is 0 Å². The van der Waals surface area contributed by atoms with Crippen LogP contribution in [-0.4, -0.2) is 88.2 Å². The Labute approximate surface area is 335 Å². The summed E-state index contributed by atoms with van der Waals surface area (Å²) in [4.78, 5) is 83.0. The van der Waals surface area contributed by atoms with Crippen LogP contribution in [0.25, 0.3) is 43.6 Å². The van der Waals surface area contributed by atoms with E-state index in [0.717, 1.165) is 24.3 Å². The molecule has 1 fully saturated rings. The van der Waals surface area contributed by atoms with Crippen LogP contribution in [0.15, 0.2) is 73.1 Å². The lowest BCUT2D eigenvalue weighted by Gasteiger charge is -2.45. The number of esters is 4. The number of para-hydroxylation sites is 1. The van der Waals surface area contributed by atoms with Gasteiger partial charge in [0.05, 0.1) is 38.6 Å². The number of carbonyl (C=O) groups excluding carboxylic acids is 6. The highest BCUT2D eigenvalue weighted by Gasteiger charge is 2.54. The predicted molar refractivity (Wildman–Crippen MR) is 198 cm³/mol. The standard InChI is InChI=1S/C41H36N4O11.BrH/c1-20(46)52-19-29-36(53-21(2)47)37(54-22(3)48)38(55-23(4)49)41(56-29)45-28-14-10-9-13-25(28)31-33-32(39(50)43(5)40(33)51)30-26-18-44(17-24-11-7-6-8-12-24)16-15-27(26)42-34(30)35(31)45;/h6-16,18,29,36-38,41H,17,19H2,1-5H3;1H/t29-,36-,37+,38-,41-;/m1./s1. The van der Waals surface area contributed by atoms with Crippen molar-refractivity contribution in [3.05, 3.63) is 89.7 Å². The zero-order chi connectivity index (χ0) is 39.6. The van der Waals surface area contributed by atoms with E-state index in [9.17, 15) is 28.8 Å². The number of hydrogen-bond donors (Lipinski definition) is 1. The molecule has 5 atom stereocenters. The maximum atomic E-state index is 14.2. The number of rotatable bonds is 8. The molecule has 8 rings (SSSR count). The number of amides is 2. The van der Waals surface area contributed by atoms with Gasteiger partial charge in [0.25, 0.3) is 11.8 Å². The van der Waals surface area contributed by atoms with Crippen LogP contribution in [0.1, 0.15) is 60.2 Å². The molecule has 0 spiro atoms. The second-order valence-corrected chi connectivity index (χ2v) is 13.9. The average molecular weight is 842 g/mol. The summed E-state index contributed by atoms with van der Waals surface area (Å²) in [5, 5.41) is 2.17. The number of nitrogens with zero attached hydrogens (tertiary/aromatic N) is 3. The summed E-state index contributed by atoms with van der Waals surface area (Å²) in [5.41, 5.74) is 3.54. The largest absolute Gasteiger partial charge is 1.00 e. The number of H-pyrrole nitrogens is 1. The monoisotopic (exact) mass is 840 g/mol. The Balaban J connectivity index is 0.00000496. The Bertz CT molecular complexity index is 2650. The molecule has 15 nitrogen and oxygen atoms in total. The number of nitrogens with one attached hydrogen (secondary N) is 1. The molecule has 16 heteroatoms. The highest BCUT2D eigenvalue weighted by Crippen LogP contribution is 2.47. The Morgan fingerprint density at radius 3 is 2.04 bits per heavy atom. The van der Waals surface area contributed by atoms with E-state index >= 15 is 0 Å². The first-order valence-electron chi connectivity index (χ1n) is 17.9. The number of ether oxygens (including phenoxy) is 5.